The van der Waals surface area contributed by atoms with Crippen LogP contribution in [0.1, 0.15) is 18.1 Å². The summed E-state index contributed by atoms with van der Waals surface area (Å²) >= 11 is 9.20. The largest absolute Gasteiger partial charge is 0.463 e. The fraction of sp³-hybridized carbons (Fsp3) is 0.188. The Balaban J connectivity index is 2.55. The van der Waals surface area contributed by atoms with E-state index < -0.39 is 11.6 Å². The number of benzene rings is 2. The molecule has 21 heavy (non-hydrogen) atoms. The normalized spacial score (nSPS) is 13.5. The van der Waals surface area contributed by atoms with E-state index in [1.165, 1.54) is 0 Å². The minimum absolute atomic E-state index is 0.186. The van der Waals surface area contributed by atoms with Gasteiger partial charge >= 0.3 is 5.97 Å². The standard InChI is InChI=1S/C16H14BrClO3/c1-2-21-15(19)16(20,11-3-7-13(17)8-4-11)12-5-9-14(18)10-6-12/h3-10,20H,2H2,1H3. The molecule has 5 heteroatoms. The number of carbonyl (C=O) groups is 1. The van der Waals surface area contributed by atoms with Gasteiger partial charge in [-0.1, -0.05) is 51.8 Å². The molecule has 3 nitrogen and oxygen atoms in total. The van der Waals surface area contributed by atoms with Gasteiger partial charge in [0.25, 0.3) is 0 Å². The second-order valence-corrected chi connectivity index (χ2v) is 5.80. The number of aliphatic hydroxyl groups is 1. The van der Waals surface area contributed by atoms with Crippen molar-refractivity contribution in [1.29, 1.82) is 0 Å². The van der Waals surface area contributed by atoms with Gasteiger partial charge in [0, 0.05) is 9.50 Å². The van der Waals surface area contributed by atoms with Crippen molar-refractivity contribution >= 4 is 33.5 Å². The van der Waals surface area contributed by atoms with Gasteiger partial charge in [-0.3, -0.25) is 0 Å². The first-order chi connectivity index (χ1) is 9.98. The molecule has 0 aliphatic rings. The molecule has 0 bridgehead atoms. The maximum absolute atomic E-state index is 12.3. The molecule has 110 valence electrons. The van der Waals surface area contributed by atoms with Gasteiger partial charge in [0.05, 0.1) is 6.61 Å². The topological polar surface area (TPSA) is 46.5 Å². The Hall–Kier alpha value is -1.36. The molecule has 0 aromatic heterocycles. The molecule has 1 atom stereocenters. The molecular weight excluding hydrogens is 356 g/mol. The summed E-state index contributed by atoms with van der Waals surface area (Å²) in [5, 5.41) is 11.5. The van der Waals surface area contributed by atoms with E-state index in [9.17, 15) is 9.90 Å². The van der Waals surface area contributed by atoms with Crippen molar-refractivity contribution in [2.75, 3.05) is 6.61 Å². The molecule has 1 N–H and O–H groups in total. The third kappa shape index (κ3) is 3.28. The highest BCUT2D eigenvalue weighted by molar-refractivity contribution is 9.10. The molecule has 0 saturated heterocycles. The van der Waals surface area contributed by atoms with Gasteiger partial charge < -0.3 is 9.84 Å². The maximum Gasteiger partial charge on any atom is 0.347 e. The van der Waals surface area contributed by atoms with Crippen LogP contribution in [0.3, 0.4) is 0 Å². The highest BCUT2D eigenvalue weighted by atomic mass is 79.9. The summed E-state index contributed by atoms with van der Waals surface area (Å²) in [6.45, 7) is 1.88. The second kappa shape index (κ2) is 6.60. The molecule has 0 heterocycles. The minimum atomic E-state index is -1.86. The smallest absolute Gasteiger partial charge is 0.347 e. The lowest BCUT2D eigenvalue weighted by Gasteiger charge is -2.27. The van der Waals surface area contributed by atoms with Crippen LogP contribution in [-0.2, 0) is 15.1 Å². The molecule has 0 amide bonds. The number of carbonyl (C=O) groups excluding carboxylic acids is 1. The lowest BCUT2D eigenvalue weighted by atomic mass is 9.86. The molecular formula is C16H14BrClO3. The van der Waals surface area contributed by atoms with Crippen molar-refractivity contribution in [2.24, 2.45) is 0 Å². The lowest BCUT2D eigenvalue weighted by molar-refractivity contribution is -0.161. The lowest BCUT2D eigenvalue weighted by Crippen LogP contribution is -2.38. The fourth-order valence-electron chi connectivity index (χ4n) is 2.02. The second-order valence-electron chi connectivity index (χ2n) is 4.44. The molecule has 0 aliphatic carbocycles. The molecule has 0 fully saturated rings. The van der Waals surface area contributed by atoms with E-state index in [-0.39, 0.29) is 6.61 Å². The van der Waals surface area contributed by atoms with Crippen LogP contribution in [0.4, 0.5) is 0 Å². The van der Waals surface area contributed by atoms with E-state index in [1.54, 1.807) is 55.5 Å². The Morgan fingerprint density at radius 2 is 1.62 bits per heavy atom. The van der Waals surface area contributed by atoms with Crippen molar-refractivity contribution in [3.05, 3.63) is 69.2 Å². The average molecular weight is 370 g/mol. The molecule has 2 rings (SSSR count). The number of halogens is 2. The first-order valence-corrected chi connectivity index (χ1v) is 7.57. The zero-order valence-electron chi connectivity index (χ0n) is 11.3. The van der Waals surface area contributed by atoms with E-state index in [0.29, 0.717) is 16.1 Å². The summed E-state index contributed by atoms with van der Waals surface area (Å²) in [6.07, 6.45) is 0. The minimum Gasteiger partial charge on any atom is -0.463 e. The molecule has 2 aromatic rings. The van der Waals surface area contributed by atoms with Gasteiger partial charge in [-0.25, -0.2) is 4.79 Å². The third-order valence-corrected chi connectivity index (χ3v) is 3.88. The Bertz CT molecular complexity index is 577. The van der Waals surface area contributed by atoms with Crippen molar-refractivity contribution in [2.45, 2.75) is 12.5 Å². The highest BCUT2D eigenvalue weighted by Crippen LogP contribution is 2.32. The number of ether oxygens (including phenoxy) is 1. The Labute approximate surface area is 136 Å². The van der Waals surface area contributed by atoms with Gasteiger partial charge in [0.15, 0.2) is 0 Å². The van der Waals surface area contributed by atoms with Crippen molar-refractivity contribution in [3.8, 4) is 0 Å². The number of hydrogen-bond acceptors (Lipinski definition) is 3. The van der Waals surface area contributed by atoms with Crippen molar-refractivity contribution in [3.63, 3.8) is 0 Å². The number of esters is 1. The van der Waals surface area contributed by atoms with Crippen LogP contribution < -0.4 is 0 Å². The first-order valence-electron chi connectivity index (χ1n) is 6.40. The summed E-state index contributed by atoms with van der Waals surface area (Å²) in [7, 11) is 0. The van der Waals surface area contributed by atoms with Gasteiger partial charge in [-0.15, -0.1) is 0 Å². The maximum atomic E-state index is 12.3. The molecule has 2 aromatic carbocycles. The van der Waals surface area contributed by atoms with E-state index in [2.05, 4.69) is 15.9 Å². The van der Waals surface area contributed by atoms with Gasteiger partial charge in [0.2, 0.25) is 5.60 Å². The van der Waals surface area contributed by atoms with Crippen LogP contribution >= 0.6 is 27.5 Å². The first kappa shape index (κ1) is 16.0. The average Bonchev–Trinajstić information content (AvgIpc) is 2.48. The third-order valence-electron chi connectivity index (χ3n) is 3.09. The SMILES string of the molecule is CCOC(=O)C(O)(c1ccc(Cl)cc1)c1ccc(Br)cc1. The quantitative estimate of drug-likeness (QED) is 0.831. The summed E-state index contributed by atoms with van der Waals surface area (Å²) in [5.74, 6) is -0.713. The predicted octanol–water partition coefficient (Wildman–Crippen LogP) is 3.90. The summed E-state index contributed by atoms with van der Waals surface area (Å²) in [6, 6.07) is 13.3. The van der Waals surface area contributed by atoms with E-state index in [4.69, 9.17) is 16.3 Å². The Morgan fingerprint density at radius 1 is 1.14 bits per heavy atom. The fourth-order valence-corrected chi connectivity index (χ4v) is 2.41. The van der Waals surface area contributed by atoms with E-state index in [0.717, 1.165) is 4.47 Å². The van der Waals surface area contributed by atoms with E-state index in [1.807, 2.05) is 0 Å². The Kier molecular flexibility index (Phi) is 5.04. The van der Waals surface area contributed by atoms with Crippen molar-refractivity contribution in [1.82, 2.24) is 0 Å². The molecule has 1 unspecified atom stereocenters. The predicted molar refractivity (Wildman–Crippen MR) is 85.2 cm³/mol. The highest BCUT2D eigenvalue weighted by Gasteiger charge is 2.41. The zero-order chi connectivity index (χ0) is 15.5. The van der Waals surface area contributed by atoms with Crippen LogP contribution in [0.5, 0.6) is 0 Å². The van der Waals surface area contributed by atoms with Crippen LogP contribution in [-0.4, -0.2) is 17.7 Å². The molecule has 0 saturated carbocycles. The number of hydrogen-bond donors (Lipinski definition) is 1. The molecule has 0 aliphatic heterocycles. The van der Waals surface area contributed by atoms with Gasteiger partial charge in [-0.2, -0.15) is 0 Å². The summed E-state index contributed by atoms with van der Waals surface area (Å²) in [4.78, 5) is 12.3. The van der Waals surface area contributed by atoms with Gasteiger partial charge in [0.1, 0.15) is 0 Å². The van der Waals surface area contributed by atoms with E-state index >= 15 is 0 Å². The van der Waals surface area contributed by atoms with Crippen LogP contribution in [0, 0.1) is 0 Å². The Morgan fingerprint density at radius 3 is 2.10 bits per heavy atom. The van der Waals surface area contributed by atoms with Crippen LogP contribution in [0.25, 0.3) is 0 Å². The summed E-state index contributed by atoms with van der Waals surface area (Å²) in [5.41, 5.74) is -1.01. The number of rotatable bonds is 4. The molecule has 0 spiro atoms. The monoisotopic (exact) mass is 368 g/mol. The molecule has 0 radical (unpaired) electrons. The zero-order valence-corrected chi connectivity index (χ0v) is 13.7. The summed E-state index contributed by atoms with van der Waals surface area (Å²) < 4.78 is 5.90. The van der Waals surface area contributed by atoms with Crippen LogP contribution in [0.15, 0.2) is 53.0 Å². The van der Waals surface area contributed by atoms with Crippen LogP contribution in [0.2, 0.25) is 5.02 Å². The van der Waals surface area contributed by atoms with Crippen molar-refractivity contribution < 1.29 is 14.6 Å². The van der Waals surface area contributed by atoms with Gasteiger partial charge in [-0.05, 0) is 42.3 Å².